The molecule has 3 N–H and O–H groups in total. The third kappa shape index (κ3) is 2.36. The lowest BCUT2D eigenvalue weighted by Gasteiger charge is -2.15. The lowest BCUT2D eigenvalue weighted by Crippen LogP contribution is -2.24. The smallest absolute Gasteiger partial charge is 0.143 e. The Kier molecular flexibility index (Phi) is 3.72. The van der Waals surface area contributed by atoms with Gasteiger partial charge in [0.2, 0.25) is 0 Å². The largest absolute Gasteiger partial charge is 0.387 e. The molecule has 2 atom stereocenters. The zero-order valence-corrected chi connectivity index (χ0v) is 8.98. The van der Waals surface area contributed by atoms with Crippen molar-refractivity contribution < 1.29 is 9.50 Å². The molecule has 1 aromatic carbocycles. The summed E-state index contributed by atoms with van der Waals surface area (Å²) in [5, 5.41) is 9.47. The van der Waals surface area contributed by atoms with Crippen LogP contribution in [0.25, 0.3) is 0 Å². The maximum Gasteiger partial charge on any atom is 0.143 e. The summed E-state index contributed by atoms with van der Waals surface area (Å²) < 4.78 is 13.1. The molecule has 14 heavy (non-hydrogen) atoms. The first kappa shape index (κ1) is 11.7. The normalized spacial score (nSPS) is 15.3. The Hall–Kier alpha value is -0.350. The van der Waals surface area contributed by atoms with Crippen molar-refractivity contribution in [3.63, 3.8) is 0 Å². The van der Waals surface area contributed by atoms with Crippen LogP contribution in [0.3, 0.4) is 0 Å². The highest BCUT2D eigenvalue weighted by Crippen LogP contribution is 2.29. The maximum atomic E-state index is 13.1. The fourth-order valence-electron chi connectivity index (χ4n) is 1.05. The minimum absolute atomic E-state index is 0.0707. The quantitative estimate of drug-likeness (QED) is 0.777. The molecule has 0 fully saturated rings. The Morgan fingerprint density at radius 3 is 2.43 bits per heavy atom. The van der Waals surface area contributed by atoms with Gasteiger partial charge in [-0.2, -0.15) is 0 Å². The number of rotatable bonds is 2. The van der Waals surface area contributed by atoms with E-state index < -0.39 is 18.0 Å². The Morgan fingerprint density at radius 2 is 2.00 bits per heavy atom. The first-order chi connectivity index (χ1) is 6.43. The number of hydrogen-bond donors (Lipinski definition) is 2. The predicted octanol–water partition coefficient (Wildman–Crippen LogP) is 2.51. The van der Waals surface area contributed by atoms with Gasteiger partial charge in [-0.25, -0.2) is 4.39 Å². The van der Waals surface area contributed by atoms with Crippen LogP contribution in [0, 0.1) is 5.82 Å². The molecule has 0 aliphatic carbocycles. The Labute approximate surface area is 91.4 Å². The van der Waals surface area contributed by atoms with Gasteiger partial charge < -0.3 is 10.8 Å². The van der Waals surface area contributed by atoms with E-state index in [-0.39, 0.29) is 10.0 Å². The molecule has 0 heterocycles. The van der Waals surface area contributed by atoms with Crippen LogP contribution in [-0.2, 0) is 0 Å². The monoisotopic (exact) mass is 237 g/mol. The number of benzene rings is 1. The summed E-state index contributed by atoms with van der Waals surface area (Å²) in [6, 6.07) is 2.04. The minimum Gasteiger partial charge on any atom is -0.387 e. The second-order valence-electron chi connectivity index (χ2n) is 3.10. The molecule has 1 aromatic rings. The molecule has 0 aliphatic rings. The number of aliphatic hydroxyl groups excluding tert-OH is 1. The lowest BCUT2D eigenvalue weighted by molar-refractivity contribution is 0.153. The van der Waals surface area contributed by atoms with E-state index in [1.54, 1.807) is 6.92 Å². The molecule has 1 rings (SSSR count). The molecule has 2 nitrogen and oxygen atoms in total. The molecule has 0 aromatic heterocycles. The molecule has 0 saturated carbocycles. The Balaban J connectivity index is 3.12. The second-order valence-corrected chi connectivity index (χ2v) is 3.89. The first-order valence-electron chi connectivity index (χ1n) is 4.01. The van der Waals surface area contributed by atoms with Gasteiger partial charge in [-0.1, -0.05) is 23.2 Å². The fourth-order valence-corrected chi connectivity index (χ4v) is 1.37. The third-order valence-corrected chi connectivity index (χ3v) is 2.62. The van der Waals surface area contributed by atoms with E-state index in [1.165, 1.54) is 6.07 Å². The summed E-state index contributed by atoms with van der Waals surface area (Å²) in [4.78, 5) is 0. The van der Waals surface area contributed by atoms with E-state index in [9.17, 15) is 9.50 Å². The van der Waals surface area contributed by atoms with E-state index in [2.05, 4.69) is 0 Å². The summed E-state index contributed by atoms with van der Waals surface area (Å²) in [7, 11) is 0. The molecule has 0 aliphatic heterocycles. The van der Waals surface area contributed by atoms with E-state index in [0.29, 0.717) is 5.56 Å². The molecule has 0 spiro atoms. The SMILES string of the molecule is C[C@H](N)[C@H](O)c1cc(F)c(Cl)c(Cl)c1. The van der Waals surface area contributed by atoms with Crippen molar-refractivity contribution in [1.82, 2.24) is 0 Å². The van der Waals surface area contributed by atoms with Gasteiger partial charge in [-0.05, 0) is 24.6 Å². The highest BCUT2D eigenvalue weighted by molar-refractivity contribution is 6.42. The van der Waals surface area contributed by atoms with Crippen LogP contribution in [0.15, 0.2) is 12.1 Å². The van der Waals surface area contributed by atoms with E-state index in [0.717, 1.165) is 6.07 Å². The van der Waals surface area contributed by atoms with Gasteiger partial charge in [0.15, 0.2) is 0 Å². The van der Waals surface area contributed by atoms with Crippen molar-refractivity contribution >= 4 is 23.2 Å². The highest BCUT2D eigenvalue weighted by Gasteiger charge is 2.16. The maximum absolute atomic E-state index is 13.1. The standard InChI is InChI=1S/C9H10Cl2FNO/c1-4(13)9(14)5-2-6(10)8(11)7(12)3-5/h2-4,9,14H,13H2,1H3/t4-,9-/m0/s1. The van der Waals surface area contributed by atoms with Crippen molar-refractivity contribution in [1.29, 1.82) is 0 Å². The van der Waals surface area contributed by atoms with E-state index in [1.807, 2.05) is 0 Å². The molecular formula is C9H10Cl2FNO. The number of hydrogen-bond acceptors (Lipinski definition) is 2. The van der Waals surface area contributed by atoms with Crippen molar-refractivity contribution in [2.45, 2.75) is 19.1 Å². The first-order valence-corrected chi connectivity index (χ1v) is 4.77. The molecule has 5 heteroatoms. The molecule has 78 valence electrons. The van der Waals surface area contributed by atoms with Crippen LogP contribution in [-0.4, -0.2) is 11.1 Å². The zero-order chi connectivity index (χ0) is 10.9. The van der Waals surface area contributed by atoms with Crippen molar-refractivity contribution in [3.05, 3.63) is 33.6 Å². The van der Waals surface area contributed by atoms with Crippen LogP contribution in [0.2, 0.25) is 10.0 Å². The zero-order valence-electron chi connectivity index (χ0n) is 7.47. The summed E-state index contributed by atoms with van der Waals surface area (Å²) in [5.41, 5.74) is 5.78. The molecule has 0 bridgehead atoms. The van der Waals surface area contributed by atoms with Gasteiger partial charge in [-0.3, -0.25) is 0 Å². The molecule has 0 saturated heterocycles. The number of nitrogens with two attached hydrogens (primary N) is 1. The van der Waals surface area contributed by atoms with Crippen molar-refractivity contribution in [2.75, 3.05) is 0 Å². The predicted molar refractivity (Wildman–Crippen MR) is 55.0 cm³/mol. The summed E-state index contributed by atoms with van der Waals surface area (Å²) in [5.74, 6) is -0.658. The van der Waals surface area contributed by atoms with Gasteiger partial charge >= 0.3 is 0 Å². The van der Waals surface area contributed by atoms with Crippen molar-refractivity contribution in [2.24, 2.45) is 5.73 Å². The van der Waals surface area contributed by atoms with Crippen LogP contribution < -0.4 is 5.73 Å². The fraction of sp³-hybridized carbons (Fsp3) is 0.333. The highest BCUT2D eigenvalue weighted by atomic mass is 35.5. The second kappa shape index (κ2) is 4.45. The topological polar surface area (TPSA) is 46.2 Å². The van der Waals surface area contributed by atoms with E-state index >= 15 is 0 Å². The van der Waals surface area contributed by atoms with Gasteiger partial charge in [0.05, 0.1) is 16.1 Å². The van der Waals surface area contributed by atoms with Gasteiger partial charge in [0, 0.05) is 6.04 Å². The van der Waals surface area contributed by atoms with Crippen LogP contribution in [0.4, 0.5) is 4.39 Å². The summed E-state index contributed by atoms with van der Waals surface area (Å²) in [6.45, 7) is 1.62. The van der Waals surface area contributed by atoms with Crippen LogP contribution >= 0.6 is 23.2 Å². The average molecular weight is 238 g/mol. The van der Waals surface area contributed by atoms with Gasteiger partial charge in [-0.15, -0.1) is 0 Å². The molecular weight excluding hydrogens is 228 g/mol. The average Bonchev–Trinajstić information content (AvgIpc) is 2.12. The molecule has 0 radical (unpaired) electrons. The summed E-state index contributed by atoms with van der Waals surface area (Å²) in [6.07, 6.45) is -0.945. The molecule has 0 amide bonds. The summed E-state index contributed by atoms with van der Waals surface area (Å²) >= 11 is 11.2. The van der Waals surface area contributed by atoms with E-state index in [4.69, 9.17) is 28.9 Å². The van der Waals surface area contributed by atoms with Crippen molar-refractivity contribution in [3.8, 4) is 0 Å². The number of aliphatic hydroxyl groups is 1. The molecule has 0 unspecified atom stereocenters. The van der Waals surface area contributed by atoms with Gasteiger partial charge in [0.25, 0.3) is 0 Å². The minimum atomic E-state index is -0.945. The Morgan fingerprint density at radius 1 is 1.43 bits per heavy atom. The third-order valence-electron chi connectivity index (χ3n) is 1.85. The Bertz CT molecular complexity index is 321. The van der Waals surface area contributed by atoms with Crippen LogP contribution in [0.1, 0.15) is 18.6 Å². The number of halogens is 3. The van der Waals surface area contributed by atoms with Gasteiger partial charge in [0.1, 0.15) is 5.82 Å². The van der Waals surface area contributed by atoms with Crippen LogP contribution in [0.5, 0.6) is 0 Å². The lowest BCUT2D eigenvalue weighted by atomic mass is 10.0.